The maximum absolute atomic E-state index is 11.7. The molecule has 2 aliphatic rings. The van der Waals surface area contributed by atoms with Crippen molar-refractivity contribution < 1.29 is 14.3 Å². The third-order valence-electron chi connectivity index (χ3n) is 6.23. The Morgan fingerprint density at radius 3 is 2.78 bits per heavy atom. The topological polar surface area (TPSA) is 95.8 Å². The summed E-state index contributed by atoms with van der Waals surface area (Å²) in [6.45, 7) is 0.811. The molecule has 4 rings (SSSR count). The minimum atomic E-state index is -0.504. The number of hydrogen-bond acceptors (Lipinski definition) is 6. The summed E-state index contributed by atoms with van der Waals surface area (Å²) in [6.07, 6.45) is 6.56. The molecule has 27 heavy (non-hydrogen) atoms. The second kappa shape index (κ2) is 7.48. The highest BCUT2D eigenvalue weighted by Crippen LogP contribution is 2.37. The highest BCUT2D eigenvalue weighted by Gasteiger charge is 2.39. The van der Waals surface area contributed by atoms with E-state index in [1.165, 1.54) is 19.3 Å². The van der Waals surface area contributed by atoms with E-state index in [1.807, 2.05) is 6.07 Å². The second-order valence-corrected chi connectivity index (χ2v) is 7.81. The number of hydrogen-bond donors (Lipinski definition) is 2. The van der Waals surface area contributed by atoms with Gasteiger partial charge < -0.3 is 25.1 Å². The Labute approximate surface area is 159 Å². The maximum atomic E-state index is 11.7. The fraction of sp³-hybridized carbons (Fsp3) is 0.600. The van der Waals surface area contributed by atoms with Crippen molar-refractivity contribution >= 4 is 23.0 Å². The molecule has 0 saturated carbocycles. The quantitative estimate of drug-likeness (QED) is 0.806. The molecule has 0 aliphatic carbocycles. The van der Waals surface area contributed by atoms with Crippen LogP contribution in [0.5, 0.6) is 0 Å². The number of aliphatic hydroxyl groups is 1. The Hall–Kier alpha value is -2.12. The van der Waals surface area contributed by atoms with Gasteiger partial charge in [0.05, 0.1) is 5.56 Å². The van der Waals surface area contributed by atoms with Crippen LogP contribution in [0.3, 0.4) is 0 Å². The molecule has 0 spiro atoms. The number of rotatable bonds is 6. The van der Waals surface area contributed by atoms with Gasteiger partial charge in [-0.2, -0.15) is 4.98 Å². The molecule has 7 heteroatoms. The van der Waals surface area contributed by atoms with Gasteiger partial charge in [0, 0.05) is 31.3 Å². The van der Waals surface area contributed by atoms with E-state index in [9.17, 15) is 9.90 Å². The van der Waals surface area contributed by atoms with E-state index in [-0.39, 0.29) is 6.61 Å². The summed E-state index contributed by atoms with van der Waals surface area (Å²) < 4.78 is 6.03. The first kappa shape index (κ1) is 18.3. The second-order valence-electron chi connectivity index (χ2n) is 7.81. The van der Waals surface area contributed by atoms with Gasteiger partial charge in [-0.1, -0.05) is 12.5 Å². The number of carbonyl (C=O) groups excluding carboxylic acids is 1. The lowest BCUT2D eigenvalue weighted by Crippen LogP contribution is -2.55. The van der Waals surface area contributed by atoms with Crippen LogP contribution in [0, 0.1) is 0 Å². The fourth-order valence-corrected chi connectivity index (χ4v) is 4.78. The Morgan fingerprint density at radius 2 is 2.11 bits per heavy atom. The van der Waals surface area contributed by atoms with Crippen molar-refractivity contribution in [2.24, 2.45) is 5.73 Å². The molecule has 0 radical (unpaired) electrons. The van der Waals surface area contributed by atoms with Crippen molar-refractivity contribution in [3.8, 4) is 0 Å². The Balaban J connectivity index is 1.67. The molecule has 2 aliphatic heterocycles. The number of nitrogens with two attached hydrogens (primary N) is 1. The van der Waals surface area contributed by atoms with Crippen LogP contribution in [0.2, 0.25) is 0 Å². The molecular weight excluding hydrogens is 344 g/mol. The summed E-state index contributed by atoms with van der Waals surface area (Å²) in [5.74, 6) is -0.504. The number of amides is 1. The summed E-state index contributed by atoms with van der Waals surface area (Å²) in [5, 5.41) is 9.37. The summed E-state index contributed by atoms with van der Waals surface area (Å²) in [7, 11) is 2.24. The Kier molecular flexibility index (Phi) is 5.06. The Bertz CT molecular complexity index is 807. The average molecular weight is 372 g/mol. The first-order chi connectivity index (χ1) is 13.1. The Morgan fingerprint density at radius 1 is 1.37 bits per heavy atom. The SMILES string of the molecule is CN1C2CCCC1CC(N(CCCO)c1nc3c(C(N)=O)cccc3o1)C2. The van der Waals surface area contributed by atoms with Crippen LogP contribution in [-0.4, -0.2) is 59.2 Å². The highest BCUT2D eigenvalue weighted by molar-refractivity contribution is 6.03. The van der Waals surface area contributed by atoms with Gasteiger partial charge in [-0.05, 0) is 51.3 Å². The molecule has 1 aromatic carbocycles. The van der Waals surface area contributed by atoms with Crippen LogP contribution < -0.4 is 10.6 Å². The van der Waals surface area contributed by atoms with Gasteiger partial charge >= 0.3 is 0 Å². The van der Waals surface area contributed by atoms with Gasteiger partial charge in [0.25, 0.3) is 11.9 Å². The van der Waals surface area contributed by atoms with Crippen LogP contribution in [-0.2, 0) is 0 Å². The number of primary amides is 1. The van der Waals surface area contributed by atoms with Crippen LogP contribution in [0.25, 0.3) is 11.1 Å². The minimum absolute atomic E-state index is 0.128. The van der Waals surface area contributed by atoms with Crippen molar-refractivity contribution in [3.63, 3.8) is 0 Å². The molecule has 3 N–H and O–H groups in total. The lowest BCUT2D eigenvalue weighted by Gasteiger charge is -2.49. The molecule has 146 valence electrons. The zero-order valence-electron chi connectivity index (χ0n) is 15.8. The van der Waals surface area contributed by atoms with E-state index in [1.54, 1.807) is 12.1 Å². The monoisotopic (exact) mass is 372 g/mol. The van der Waals surface area contributed by atoms with Gasteiger partial charge in [0.1, 0.15) is 5.52 Å². The predicted molar refractivity (Wildman–Crippen MR) is 104 cm³/mol. The largest absolute Gasteiger partial charge is 0.423 e. The molecule has 2 fully saturated rings. The van der Waals surface area contributed by atoms with Crippen LogP contribution in [0.4, 0.5) is 6.01 Å². The molecule has 2 atom stereocenters. The van der Waals surface area contributed by atoms with Gasteiger partial charge in [-0.3, -0.25) is 4.79 Å². The number of anilines is 1. The average Bonchev–Trinajstić information content (AvgIpc) is 3.06. The summed E-state index contributed by atoms with van der Waals surface area (Å²) >= 11 is 0. The van der Waals surface area contributed by atoms with Crippen LogP contribution in [0.15, 0.2) is 22.6 Å². The lowest BCUT2D eigenvalue weighted by atomic mass is 9.81. The summed E-state index contributed by atoms with van der Waals surface area (Å²) in [4.78, 5) is 21.1. The third kappa shape index (κ3) is 3.41. The zero-order chi connectivity index (χ0) is 19.0. The minimum Gasteiger partial charge on any atom is -0.423 e. The lowest BCUT2D eigenvalue weighted by molar-refractivity contribution is 0.0538. The van der Waals surface area contributed by atoms with E-state index in [0.717, 1.165) is 12.8 Å². The number of nitrogens with zero attached hydrogens (tertiary/aromatic N) is 3. The van der Waals surface area contributed by atoms with E-state index in [2.05, 4.69) is 21.8 Å². The van der Waals surface area contributed by atoms with Gasteiger partial charge in [0.15, 0.2) is 5.58 Å². The molecule has 7 nitrogen and oxygen atoms in total. The van der Waals surface area contributed by atoms with Gasteiger partial charge in [0.2, 0.25) is 0 Å². The number of para-hydroxylation sites is 1. The molecular formula is C20H28N4O3. The number of oxazole rings is 1. The van der Waals surface area contributed by atoms with Crippen molar-refractivity contribution in [1.82, 2.24) is 9.88 Å². The fourth-order valence-electron chi connectivity index (χ4n) is 4.78. The standard InChI is InChI=1S/C20H28N4O3/c1-23-13-5-2-6-14(23)12-15(11-13)24(9-4-10-25)20-22-18-16(19(21)26)7-3-8-17(18)27-20/h3,7-8,13-15,25H,2,4-6,9-12H2,1H3,(H2,21,26). The number of aromatic nitrogens is 1. The maximum Gasteiger partial charge on any atom is 0.298 e. The van der Waals surface area contributed by atoms with Crippen LogP contribution >= 0.6 is 0 Å². The number of piperidine rings is 2. The first-order valence-electron chi connectivity index (χ1n) is 9.87. The molecule has 2 aromatic rings. The summed E-state index contributed by atoms with van der Waals surface area (Å²) in [5.41, 5.74) is 6.96. The predicted octanol–water partition coefficient (Wildman–Crippen LogP) is 2.13. The number of benzene rings is 1. The van der Waals surface area contributed by atoms with Crippen molar-refractivity contribution in [2.45, 2.75) is 56.7 Å². The highest BCUT2D eigenvalue weighted by atomic mass is 16.4. The van der Waals surface area contributed by atoms with E-state index >= 15 is 0 Å². The molecule has 1 amide bonds. The van der Waals surface area contributed by atoms with Crippen molar-refractivity contribution in [3.05, 3.63) is 23.8 Å². The molecule has 2 bridgehead atoms. The van der Waals surface area contributed by atoms with Crippen molar-refractivity contribution in [2.75, 3.05) is 25.1 Å². The first-order valence-corrected chi connectivity index (χ1v) is 9.87. The number of carbonyl (C=O) groups is 1. The smallest absolute Gasteiger partial charge is 0.298 e. The molecule has 2 unspecified atom stereocenters. The van der Waals surface area contributed by atoms with Crippen molar-refractivity contribution in [1.29, 1.82) is 0 Å². The normalized spacial score (nSPS) is 25.6. The van der Waals surface area contributed by atoms with Gasteiger partial charge in [-0.25, -0.2) is 0 Å². The summed E-state index contributed by atoms with van der Waals surface area (Å²) in [6, 6.07) is 7.28. The number of fused-ring (bicyclic) bond motifs is 3. The van der Waals surface area contributed by atoms with Crippen LogP contribution in [0.1, 0.15) is 48.9 Å². The zero-order valence-corrected chi connectivity index (χ0v) is 15.8. The van der Waals surface area contributed by atoms with E-state index < -0.39 is 5.91 Å². The van der Waals surface area contributed by atoms with E-state index in [4.69, 9.17) is 10.2 Å². The molecule has 3 heterocycles. The number of aliphatic hydroxyl groups excluding tert-OH is 1. The molecule has 1 aromatic heterocycles. The van der Waals surface area contributed by atoms with E-state index in [0.29, 0.717) is 53.8 Å². The third-order valence-corrected chi connectivity index (χ3v) is 6.23. The molecule has 2 saturated heterocycles. The van der Waals surface area contributed by atoms with Gasteiger partial charge in [-0.15, -0.1) is 0 Å².